The molecular formula is C14H22ClNO3S. The summed E-state index contributed by atoms with van der Waals surface area (Å²) >= 11 is 5.95. The van der Waals surface area contributed by atoms with Crippen molar-refractivity contribution in [2.24, 2.45) is 5.92 Å². The van der Waals surface area contributed by atoms with Crippen LogP contribution in [0.25, 0.3) is 0 Å². The van der Waals surface area contributed by atoms with Crippen LogP contribution in [0, 0.1) is 5.92 Å². The number of nitrogens with one attached hydrogen (secondary N) is 1. The van der Waals surface area contributed by atoms with Crippen LogP contribution < -0.4 is 4.72 Å². The van der Waals surface area contributed by atoms with Crippen LogP contribution in [0.1, 0.15) is 32.8 Å². The summed E-state index contributed by atoms with van der Waals surface area (Å²) in [7, 11) is -3.53. The summed E-state index contributed by atoms with van der Waals surface area (Å²) in [5.41, 5.74) is -0.521. The Bertz CT molecular complexity index is 543. The van der Waals surface area contributed by atoms with E-state index in [4.69, 9.17) is 11.6 Å². The molecule has 0 heterocycles. The Kier molecular flexibility index (Phi) is 6.01. The van der Waals surface area contributed by atoms with Gasteiger partial charge in [-0.2, -0.15) is 0 Å². The molecule has 0 spiro atoms. The molecule has 1 rings (SSSR count). The fraction of sp³-hybridized carbons (Fsp3) is 0.571. The minimum absolute atomic E-state index is 0.00510. The number of halogens is 1. The van der Waals surface area contributed by atoms with Crippen molar-refractivity contribution in [1.82, 2.24) is 4.72 Å². The fourth-order valence-corrected chi connectivity index (χ4v) is 3.30. The number of rotatable bonds is 7. The second-order valence-corrected chi connectivity index (χ2v) is 7.55. The molecule has 0 fully saturated rings. The lowest BCUT2D eigenvalue weighted by molar-refractivity contribution is 0.0102. The number of hydrogen-bond acceptors (Lipinski definition) is 3. The van der Waals surface area contributed by atoms with Gasteiger partial charge in [0, 0.05) is 11.6 Å². The van der Waals surface area contributed by atoms with E-state index in [0.717, 1.165) is 6.42 Å². The third-order valence-electron chi connectivity index (χ3n) is 3.63. The smallest absolute Gasteiger partial charge is 0.215 e. The van der Waals surface area contributed by atoms with E-state index >= 15 is 0 Å². The zero-order valence-corrected chi connectivity index (χ0v) is 13.6. The van der Waals surface area contributed by atoms with Gasteiger partial charge in [0.2, 0.25) is 10.0 Å². The van der Waals surface area contributed by atoms with E-state index in [0.29, 0.717) is 10.6 Å². The molecule has 0 amide bonds. The molecule has 0 saturated heterocycles. The van der Waals surface area contributed by atoms with Crippen molar-refractivity contribution in [1.29, 1.82) is 0 Å². The molecule has 2 atom stereocenters. The quantitative estimate of drug-likeness (QED) is 0.811. The van der Waals surface area contributed by atoms with Crippen molar-refractivity contribution in [2.75, 3.05) is 6.54 Å². The van der Waals surface area contributed by atoms with Crippen molar-refractivity contribution in [3.8, 4) is 0 Å². The molecule has 0 aliphatic carbocycles. The number of hydrogen-bond donors (Lipinski definition) is 2. The van der Waals surface area contributed by atoms with Gasteiger partial charge >= 0.3 is 0 Å². The molecule has 4 nitrogen and oxygen atoms in total. The second-order valence-electron chi connectivity index (χ2n) is 5.34. The highest BCUT2D eigenvalue weighted by atomic mass is 35.5. The zero-order chi connectivity index (χ0) is 15.4. The standard InChI is InChI=1S/C14H22ClNO3S/c1-4-11(2)14(3,17)10-16-20(18,19)9-12-7-5-6-8-13(12)15/h5-8,11,16-17H,4,9-10H2,1-3H3. The maximum Gasteiger partial charge on any atom is 0.215 e. The van der Waals surface area contributed by atoms with Gasteiger partial charge in [-0.15, -0.1) is 0 Å². The first-order valence-electron chi connectivity index (χ1n) is 6.61. The SMILES string of the molecule is CCC(C)C(C)(O)CNS(=O)(=O)Cc1ccccc1Cl. The van der Waals surface area contributed by atoms with Crippen LogP contribution >= 0.6 is 11.6 Å². The van der Waals surface area contributed by atoms with Crippen LogP contribution in [0.4, 0.5) is 0 Å². The minimum Gasteiger partial charge on any atom is -0.389 e. The summed E-state index contributed by atoms with van der Waals surface area (Å²) in [5.74, 6) is -0.186. The van der Waals surface area contributed by atoms with E-state index in [9.17, 15) is 13.5 Å². The van der Waals surface area contributed by atoms with E-state index in [1.807, 2.05) is 13.8 Å². The van der Waals surface area contributed by atoms with Gasteiger partial charge in [-0.25, -0.2) is 13.1 Å². The lowest BCUT2D eigenvalue weighted by atomic mass is 9.89. The van der Waals surface area contributed by atoms with E-state index in [1.54, 1.807) is 31.2 Å². The fourth-order valence-electron chi connectivity index (χ4n) is 1.74. The Morgan fingerprint density at radius 1 is 1.40 bits per heavy atom. The molecule has 6 heteroatoms. The van der Waals surface area contributed by atoms with Crippen molar-refractivity contribution in [2.45, 2.75) is 38.5 Å². The topological polar surface area (TPSA) is 66.4 Å². The van der Waals surface area contributed by atoms with Crippen LogP contribution in [-0.4, -0.2) is 25.7 Å². The predicted molar refractivity (Wildman–Crippen MR) is 82.2 cm³/mol. The molecule has 114 valence electrons. The molecule has 0 saturated carbocycles. The van der Waals surface area contributed by atoms with Gasteiger partial charge in [-0.05, 0) is 24.5 Å². The van der Waals surface area contributed by atoms with Crippen LogP contribution in [0.15, 0.2) is 24.3 Å². The maximum atomic E-state index is 12.0. The Morgan fingerprint density at radius 3 is 2.55 bits per heavy atom. The van der Waals surface area contributed by atoms with Crippen LogP contribution in [0.3, 0.4) is 0 Å². The third kappa shape index (κ3) is 5.05. The van der Waals surface area contributed by atoms with Gasteiger partial charge in [-0.3, -0.25) is 0 Å². The van der Waals surface area contributed by atoms with Crippen molar-refractivity contribution < 1.29 is 13.5 Å². The summed E-state index contributed by atoms with van der Waals surface area (Å²) in [6.45, 7) is 5.48. The Labute approximate surface area is 126 Å². The summed E-state index contributed by atoms with van der Waals surface area (Å²) in [5, 5.41) is 10.6. The second kappa shape index (κ2) is 6.89. The summed E-state index contributed by atoms with van der Waals surface area (Å²) < 4.78 is 26.5. The molecule has 2 unspecified atom stereocenters. The summed E-state index contributed by atoms with van der Waals surface area (Å²) in [6.07, 6.45) is 0.777. The average Bonchev–Trinajstić information content (AvgIpc) is 2.38. The molecule has 2 N–H and O–H groups in total. The molecule has 0 bridgehead atoms. The Morgan fingerprint density at radius 2 is 2.00 bits per heavy atom. The molecule has 1 aromatic carbocycles. The summed E-state index contributed by atoms with van der Waals surface area (Å²) in [4.78, 5) is 0. The minimum atomic E-state index is -3.53. The van der Waals surface area contributed by atoms with Crippen LogP contribution in [0.5, 0.6) is 0 Å². The summed E-state index contributed by atoms with van der Waals surface area (Å²) in [6, 6.07) is 6.82. The molecule has 0 aliphatic heterocycles. The van der Waals surface area contributed by atoms with Crippen molar-refractivity contribution in [3.05, 3.63) is 34.9 Å². The first kappa shape index (κ1) is 17.4. The highest BCUT2D eigenvalue weighted by Crippen LogP contribution is 2.20. The monoisotopic (exact) mass is 319 g/mol. The lowest BCUT2D eigenvalue weighted by Crippen LogP contribution is -2.45. The van der Waals surface area contributed by atoms with E-state index in [2.05, 4.69) is 4.72 Å². The number of sulfonamides is 1. The maximum absolute atomic E-state index is 12.0. The molecule has 0 radical (unpaired) electrons. The van der Waals surface area contributed by atoms with Gasteiger partial charge in [0.1, 0.15) is 0 Å². The Balaban J connectivity index is 2.70. The molecule has 0 aliphatic rings. The predicted octanol–water partition coefficient (Wildman–Crippen LogP) is 2.56. The largest absolute Gasteiger partial charge is 0.389 e. The van der Waals surface area contributed by atoms with Crippen LogP contribution in [-0.2, 0) is 15.8 Å². The number of aliphatic hydroxyl groups is 1. The van der Waals surface area contributed by atoms with E-state index in [1.165, 1.54) is 0 Å². The van der Waals surface area contributed by atoms with Gasteiger partial charge in [0.25, 0.3) is 0 Å². The van der Waals surface area contributed by atoms with E-state index < -0.39 is 15.6 Å². The first-order chi connectivity index (χ1) is 9.18. The van der Waals surface area contributed by atoms with Gasteiger partial charge in [0.15, 0.2) is 0 Å². The van der Waals surface area contributed by atoms with Gasteiger partial charge in [-0.1, -0.05) is 50.1 Å². The average molecular weight is 320 g/mol. The highest BCUT2D eigenvalue weighted by molar-refractivity contribution is 7.88. The third-order valence-corrected chi connectivity index (χ3v) is 5.27. The lowest BCUT2D eigenvalue weighted by Gasteiger charge is -2.29. The zero-order valence-electron chi connectivity index (χ0n) is 12.1. The molecule has 0 aromatic heterocycles. The van der Waals surface area contributed by atoms with Crippen LogP contribution in [0.2, 0.25) is 5.02 Å². The van der Waals surface area contributed by atoms with Crippen molar-refractivity contribution in [3.63, 3.8) is 0 Å². The molecule has 1 aromatic rings. The highest BCUT2D eigenvalue weighted by Gasteiger charge is 2.28. The number of benzene rings is 1. The van der Waals surface area contributed by atoms with Gasteiger partial charge in [0.05, 0.1) is 11.4 Å². The normalized spacial score (nSPS) is 16.6. The molecular weight excluding hydrogens is 298 g/mol. The van der Waals surface area contributed by atoms with Crippen molar-refractivity contribution >= 4 is 21.6 Å². The first-order valence-corrected chi connectivity index (χ1v) is 8.64. The van der Waals surface area contributed by atoms with Gasteiger partial charge < -0.3 is 5.11 Å². The molecule has 20 heavy (non-hydrogen) atoms. The Hall–Kier alpha value is -0.620. The van der Waals surface area contributed by atoms with E-state index in [-0.39, 0.29) is 18.2 Å².